The van der Waals surface area contributed by atoms with Crippen LogP contribution in [0.4, 0.5) is 0 Å². The SMILES string of the molecule is O=c1[nH]c(-c2c(Cl)cccc2Cl)nc2c1COCC2. The van der Waals surface area contributed by atoms with Crippen molar-refractivity contribution in [3.8, 4) is 11.4 Å². The molecule has 1 N–H and O–H groups in total. The van der Waals surface area contributed by atoms with Crippen molar-refractivity contribution in [2.24, 2.45) is 0 Å². The summed E-state index contributed by atoms with van der Waals surface area (Å²) in [6, 6.07) is 5.18. The molecule has 2 heterocycles. The van der Waals surface area contributed by atoms with E-state index in [9.17, 15) is 4.79 Å². The molecule has 0 fully saturated rings. The minimum atomic E-state index is -0.198. The Morgan fingerprint density at radius 1 is 1.26 bits per heavy atom. The third-order valence-electron chi connectivity index (χ3n) is 3.03. The van der Waals surface area contributed by atoms with Gasteiger partial charge in [-0.3, -0.25) is 4.79 Å². The van der Waals surface area contributed by atoms with Gasteiger partial charge in [0.25, 0.3) is 5.56 Å². The van der Waals surface area contributed by atoms with Crippen LogP contribution in [0.2, 0.25) is 10.0 Å². The molecule has 0 atom stereocenters. The molecule has 0 radical (unpaired) electrons. The molecule has 3 rings (SSSR count). The normalized spacial score (nSPS) is 14.2. The lowest BCUT2D eigenvalue weighted by atomic mass is 10.1. The molecule has 0 spiro atoms. The highest BCUT2D eigenvalue weighted by atomic mass is 35.5. The Balaban J connectivity index is 2.22. The van der Waals surface area contributed by atoms with Crippen LogP contribution in [0.3, 0.4) is 0 Å². The fourth-order valence-electron chi connectivity index (χ4n) is 2.09. The smallest absolute Gasteiger partial charge is 0.256 e. The maximum absolute atomic E-state index is 12.0. The van der Waals surface area contributed by atoms with Gasteiger partial charge in [0.05, 0.1) is 40.1 Å². The van der Waals surface area contributed by atoms with Crippen LogP contribution in [0, 0.1) is 0 Å². The molecule has 1 aromatic carbocycles. The van der Waals surface area contributed by atoms with E-state index in [1.54, 1.807) is 18.2 Å². The first-order valence-corrected chi connectivity index (χ1v) is 6.56. The van der Waals surface area contributed by atoms with Gasteiger partial charge >= 0.3 is 0 Å². The third kappa shape index (κ3) is 2.27. The number of rotatable bonds is 1. The predicted octanol–water partition coefficient (Wildman–Crippen LogP) is 2.82. The highest BCUT2D eigenvalue weighted by Crippen LogP contribution is 2.32. The van der Waals surface area contributed by atoms with Crippen LogP contribution in [0.5, 0.6) is 0 Å². The number of hydrogen-bond acceptors (Lipinski definition) is 3. The van der Waals surface area contributed by atoms with Crippen LogP contribution in [-0.2, 0) is 17.8 Å². The first kappa shape index (κ1) is 12.7. The number of fused-ring (bicyclic) bond motifs is 1. The zero-order chi connectivity index (χ0) is 13.4. The van der Waals surface area contributed by atoms with E-state index in [0.717, 1.165) is 5.69 Å². The van der Waals surface area contributed by atoms with E-state index < -0.39 is 0 Å². The molecule has 2 aromatic rings. The average molecular weight is 297 g/mol. The van der Waals surface area contributed by atoms with Crippen molar-refractivity contribution in [1.29, 1.82) is 0 Å². The second-order valence-electron chi connectivity index (χ2n) is 4.24. The molecule has 0 bridgehead atoms. The average Bonchev–Trinajstić information content (AvgIpc) is 2.38. The van der Waals surface area contributed by atoms with E-state index in [2.05, 4.69) is 9.97 Å². The van der Waals surface area contributed by atoms with Gasteiger partial charge in [-0.2, -0.15) is 0 Å². The Kier molecular flexibility index (Phi) is 3.31. The Morgan fingerprint density at radius 2 is 2.00 bits per heavy atom. The van der Waals surface area contributed by atoms with Crippen LogP contribution >= 0.6 is 23.2 Å². The molecular formula is C13H10Cl2N2O2. The van der Waals surface area contributed by atoms with Crippen molar-refractivity contribution in [1.82, 2.24) is 9.97 Å². The molecule has 0 aliphatic carbocycles. The summed E-state index contributed by atoms with van der Waals surface area (Å²) in [6.07, 6.45) is 0.619. The van der Waals surface area contributed by atoms with Gasteiger partial charge in [0.2, 0.25) is 0 Å². The molecule has 98 valence electrons. The summed E-state index contributed by atoms with van der Waals surface area (Å²) in [6.45, 7) is 0.868. The molecule has 1 aliphatic rings. The van der Waals surface area contributed by atoms with E-state index in [1.807, 2.05) is 0 Å². The van der Waals surface area contributed by atoms with E-state index in [-0.39, 0.29) is 5.56 Å². The lowest BCUT2D eigenvalue weighted by molar-refractivity contribution is 0.108. The molecule has 0 unspecified atom stereocenters. The van der Waals surface area contributed by atoms with Gasteiger partial charge < -0.3 is 9.72 Å². The standard InChI is InChI=1S/C13H10Cl2N2O2/c14-8-2-1-3-9(15)11(8)12-16-10-4-5-19-6-7(10)13(18)17-12/h1-3H,4-6H2,(H,16,17,18). The predicted molar refractivity (Wildman–Crippen MR) is 73.7 cm³/mol. The van der Waals surface area contributed by atoms with E-state index in [4.69, 9.17) is 27.9 Å². The molecule has 1 aromatic heterocycles. The van der Waals surface area contributed by atoms with Crippen LogP contribution < -0.4 is 5.56 Å². The molecular weight excluding hydrogens is 287 g/mol. The summed E-state index contributed by atoms with van der Waals surface area (Å²) in [5.74, 6) is 0.404. The molecule has 0 saturated carbocycles. The molecule has 0 saturated heterocycles. The van der Waals surface area contributed by atoms with Gasteiger partial charge in [-0.1, -0.05) is 29.3 Å². The van der Waals surface area contributed by atoms with Crippen molar-refractivity contribution in [3.05, 3.63) is 49.9 Å². The van der Waals surface area contributed by atoms with Gasteiger partial charge in [0, 0.05) is 6.42 Å². The van der Waals surface area contributed by atoms with Crippen LogP contribution in [0.1, 0.15) is 11.3 Å². The fourth-order valence-corrected chi connectivity index (χ4v) is 2.66. The summed E-state index contributed by atoms with van der Waals surface area (Å²) >= 11 is 12.3. The number of ether oxygens (including phenoxy) is 1. The topological polar surface area (TPSA) is 55.0 Å². The first-order valence-electron chi connectivity index (χ1n) is 5.81. The maximum atomic E-state index is 12.0. The van der Waals surface area contributed by atoms with Crippen molar-refractivity contribution < 1.29 is 4.74 Å². The Bertz CT molecular complexity index is 677. The lowest BCUT2D eigenvalue weighted by Crippen LogP contribution is -2.24. The second-order valence-corrected chi connectivity index (χ2v) is 5.05. The van der Waals surface area contributed by atoms with Crippen LogP contribution in [0.25, 0.3) is 11.4 Å². The summed E-state index contributed by atoms with van der Waals surface area (Å²) in [5, 5.41) is 0.922. The molecule has 6 heteroatoms. The highest BCUT2D eigenvalue weighted by molar-refractivity contribution is 6.38. The van der Waals surface area contributed by atoms with Gasteiger partial charge in [-0.25, -0.2) is 4.98 Å². The third-order valence-corrected chi connectivity index (χ3v) is 3.66. The summed E-state index contributed by atoms with van der Waals surface area (Å²) in [7, 11) is 0. The number of H-pyrrole nitrogens is 1. The molecule has 1 aliphatic heterocycles. The summed E-state index contributed by atoms with van der Waals surface area (Å²) in [4.78, 5) is 19.2. The largest absolute Gasteiger partial charge is 0.376 e. The minimum absolute atomic E-state index is 0.198. The number of nitrogens with one attached hydrogen (secondary N) is 1. The first-order chi connectivity index (χ1) is 9.16. The van der Waals surface area contributed by atoms with Crippen molar-refractivity contribution in [2.75, 3.05) is 6.61 Å². The quantitative estimate of drug-likeness (QED) is 0.880. The monoisotopic (exact) mass is 296 g/mol. The minimum Gasteiger partial charge on any atom is -0.376 e. The number of benzene rings is 1. The van der Waals surface area contributed by atoms with E-state index >= 15 is 0 Å². The van der Waals surface area contributed by atoms with Crippen LogP contribution in [-0.4, -0.2) is 16.6 Å². The number of aromatic nitrogens is 2. The van der Waals surface area contributed by atoms with Crippen molar-refractivity contribution in [3.63, 3.8) is 0 Å². The van der Waals surface area contributed by atoms with E-state index in [0.29, 0.717) is 46.6 Å². The fraction of sp³-hybridized carbons (Fsp3) is 0.231. The van der Waals surface area contributed by atoms with Gasteiger partial charge in [0.15, 0.2) is 0 Å². The molecule has 4 nitrogen and oxygen atoms in total. The van der Waals surface area contributed by atoms with Crippen LogP contribution in [0.15, 0.2) is 23.0 Å². The van der Waals surface area contributed by atoms with Gasteiger partial charge in [-0.05, 0) is 12.1 Å². The zero-order valence-electron chi connectivity index (χ0n) is 9.87. The second kappa shape index (κ2) is 4.96. The lowest BCUT2D eigenvalue weighted by Gasteiger charge is -2.16. The number of halogens is 2. The number of hydrogen-bond donors (Lipinski definition) is 1. The maximum Gasteiger partial charge on any atom is 0.256 e. The van der Waals surface area contributed by atoms with Crippen molar-refractivity contribution >= 4 is 23.2 Å². The zero-order valence-corrected chi connectivity index (χ0v) is 11.4. The Morgan fingerprint density at radius 3 is 2.74 bits per heavy atom. The number of aromatic amines is 1. The summed E-state index contributed by atoms with van der Waals surface area (Å²) < 4.78 is 5.26. The highest BCUT2D eigenvalue weighted by Gasteiger charge is 2.18. The Labute approximate surface area is 119 Å². The molecule has 19 heavy (non-hydrogen) atoms. The number of nitrogens with zero attached hydrogens (tertiary/aromatic N) is 1. The summed E-state index contributed by atoms with van der Waals surface area (Å²) in [5.41, 5.74) is 1.69. The van der Waals surface area contributed by atoms with Gasteiger partial charge in [-0.15, -0.1) is 0 Å². The van der Waals surface area contributed by atoms with E-state index in [1.165, 1.54) is 0 Å². The van der Waals surface area contributed by atoms with Crippen molar-refractivity contribution in [2.45, 2.75) is 13.0 Å². The molecule has 0 amide bonds. The van der Waals surface area contributed by atoms with Gasteiger partial charge in [0.1, 0.15) is 5.82 Å². The Hall–Kier alpha value is -1.36.